The maximum atomic E-state index is 0. The molecular formula is H2O4Pb6. The van der Waals surface area contributed by atoms with Gasteiger partial charge in [-0.15, -0.1) is 0 Å². The van der Waals surface area contributed by atoms with Gasteiger partial charge in [-0.1, -0.05) is 0 Å². The average Bonchev–Trinajstić information content (AvgIpc) is 0. The molecule has 0 aromatic carbocycles. The van der Waals surface area contributed by atoms with Gasteiger partial charge in [0.05, 0.1) is 0 Å². The zero-order valence-corrected chi connectivity index (χ0v) is 28.0. The maximum absolute atomic E-state index is 0. The molecule has 0 bridgehead atoms. The monoisotopic (exact) mass is 1310 g/mol. The van der Waals surface area contributed by atoms with E-state index in [-0.39, 0.29) is 186 Å². The molecule has 0 saturated carbocycles. The topological polar surface area (TPSA) is 117 Å². The maximum Gasteiger partial charge on any atom is 2.00 e. The summed E-state index contributed by atoms with van der Waals surface area (Å²) in [5.41, 5.74) is 0. The van der Waals surface area contributed by atoms with Crippen molar-refractivity contribution >= 4 is 164 Å². The Morgan fingerprint density at radius 1 is 0.400 bits per heavy atom. The van der Waals surface area contributed by atoms with Crippen molar-refractivity contribution < 1.29 is 21.9 Å². The van der Waals surface area contributed by atoms with Gasteiger partial charge in [-0.3, -0.25) is 0 Å². The molecule has 10 heavy (non-hydrogen) atoms. The van der Waals surface area contributed by atoms with Crippen LogP contribution in [0, 0.1) is 0 Å². The van der Waals surface area contributed by atoms with Crippen LogP contribution >= 0.6 is 0 Å². The van der Waals surface area contributed by atoms with Crippen LogP contribution < -0.4 is 0 Å². The van der Waals surface area contributed by atoms with Gasteiger partial charge in [0, 0.05) is 81.9 Å². The number of hydrogen-bond donors (Lipinski definition) is 0. The van der Waals surface area contributed by atoms with E-state index in [4.69, 9.17) is 0 Å². The van der Waals surface area contributed by atoms with Crippen LogP contribution in [0.4, 0.5) is 0 Å². The molecule has 0 aliphatic rings. The predicted molar refractivity (Wildman–Crippen MR) is 39.8 cm³/mol. The van der Waals surface area contributed by atoms with E-state index in [9.17, 15) is 0 Å². The minimum Gasteiger partial charge on any atom is -2.00 e. The molecule has 4 nitrogen and oxygen atoms in total. The van der Waals surface area contributed by atoms with Gasteiger partial charge in [0.2, 0.25) is 0 Å². The summed E-state index contributed by atoms with van der Waals surface area (Å²) in [6, 6.07) is 0. The minimum atomic E-state index is 0. The van der Waals surface area contributed by atoms with Crippen molar-refractivity contribution in [3.63, 3.8) is 0 Å². The Labute approximate surface area is 181 Å². The van der Waals surface area contributed by atoms with E-state index >= 15 is 0 Å². The molecule has 0 unspecified atom stereocenters. The van der Waals surface area contributed by atoms with Gasteiger partial charge in [0.1, 0.15) is 0 Å². The third-order valence-electron chi connectivity index (χ3n) is 0. The summed E-state index contributed by atoms with van der Waals surface area (Å²) in [6.07, 6.45) is 0. The smallest absolute Gasteiger partial charge is 2.00 e. The molecule has 0 heterocycles. The van der Waals surface area contributed by atoms with Crippen molar-refractivity contribution in [3.8, 4) is 0 Å². The van der Waals surface area contributed by atoms with E-state index in [1.54, 1.807) is 0 Å². The molecule has 2 N–H and O–H groups in total. The van der Waals surface area contributed by atoms with Crippen molar-refractivity contribution in [1.82, 2.24) is 0 Å². The van der Waals surface area contributed by atoms with E-state index in [1.807, 2.05) is 0 Å². The Morgan fingerprint density at radius 2 is 0.400 bits per heavy atom. The molecule has 0 spiro atoms. The summed E-state index contributed by atoms with van der Waals surface area (Å²) in [6.45, 7) is 0. The van der Waals surface area contributed by atoms with Crippen molar-refractivity contribution in [3.05, 3.63) is 0 Å². The molecule has 0 saturated heterocycles. The largest absolute Gasteiger partial charge is 2.00 e. The van der Waals surface area contributed by atoms with Crippen molar-refractivity contribution in [1.29, 1.82) is 0 Å². The van der Waals surface area contributed by atoms with Gasteiger partial charge in [0.25, 0.3) is 0 Å². The van der Waals surface area contributed by atoms with Crippen molar-refractivity contribution in [2.24, 2.45) is 0 Å². The fourth-order valence-electron chi connectivity index (χ4n) is 0. The second-order valence-corrected chi connectivity index (χ2v) is 0. The minimum absolute atomic E-state index is 0. The van der Waals surface area contributed by atoms with Crippen LogP contribution in [0.1, 0.15) is 0 Å². The SMILES string of the molecule is [O-2].[O-2].[OH-].[OH-].[Pb+2].[Pb+2].[Pb+2].[Pb].[Pb].[Pb]. The molecule has 0 aromatic heterocycles. The van der Waals surface area contributed by atoms with Crippen molar-refractivity contribution in [2.45, 2.75) is 0 Å². The second kappa shape index (κ2) is 89.0. The summed E-state index contributed by atoms with van der Waals surface area (Å²) in [5, 5.41) is 0. The number of rotatable bonds is 0. The molecule has 10 heteroatoms. The fourth-order valence-corrected chi connectivity index (χ4v) is 0. The second-order valence-electron chi connectivity index (χ2n) is 0. The van der Waals surface area contributed by atoms with Crippen LogP contribution in [0.5, 0.6) is 0 Å². The normalized spacial score (nSPS) is 0. The number of hydrogen-bond acceptors (Lipinski definition) is 2. The van der Waals surface area contributed by atoms with E-state index in [1.165, 1.54) is 0 Å². The third-order valence-corrected chi connectivity index (χ3v) is 0. The quantitative estimate of drug-likeness (QED) is 0.243. The molecule has 0 fully saturated rings. The van der Waals surface area contributed by atoms with Crippen LogP contribution in [0.2, 0.25) is 0 Å². The summed E-state index contributed by atoms with van der Waals surface area (Å²) >= 11 is 0. The van der Waals surface area contributed by atoms with E-state index in [0.717, 1.165) is 0 Å². The first-order chi connectivity index (χ1) is 0. The molecule has 50 valence electrons. The van der Waals surface area contributed by atoms with Crippen LogP contribution in [-0.4, -0.2) is 175 Å². The van der Waals surface area contributed by atoms with Crippen molar-refractivity contribution in [2.75, 3.05) is 0 Å². The summed E-state index contributed by atoms with van der Waals surface area (Å²) in [5.74, 6) is 0. The molecule has 0 aromatic rings. The third kappa shape index (κ3) is 70.9. The van der Waals surface area contributed by atoms with E-state index < -0.39 is 0 Å². The summed E-state index contributed by atoms with van der Waals surface area (Å²) in [4.78, 5) is 0. The first kappa shape index (κ1) is 110. The average molecular weight is 1310 g/mol. The van der Waals surface area contributed by atoms with Crippen LogP contribution in [0.25, 0.3) is 0 Å². The van der Waals surface area contributed by atoms with Gasteiger partial charge in [-0.05, 0) is 0 Å². The zero-order valence-electron chi connectivity index (χ0n) is 4.71. The van der Waals surface area contributed by atoms with Gasteiger partial charge < -0.3 is 21.9 Å². The van der Waals surface area contributed by atoms with Gasteiger partial charge in [-0.2, -0.15) is 0 Å². The Balaban J connectivity index is 0. The van der Waals surface area contributed by atoms with Gasteiger partial charge >= 0.3 is 81.9 Å². The molecule has 18 radical (unpaired) electrons. The Hall–Kier alpha value is 5.37. The first-order valence-corrected chi connectivity index (χ1v) is 0. The Bertz CT molecular complexity index is 9.71. The molecule has 0 atom stereocenters. The zero-order chi connectivity index (χ0) is 0. The van der Waals surface area contributed by atoms with Crippen LogP contribution in [0.15, 0.2) is 0 Å². The standard InChI is InChI=1S/2H2O.2O.6Pb/h2*1H2;;;;;;;;/q;;2*-2;;;;3*+2/p-2. The Kier molecular flexibility index (Phi) is 980. The fraction of sp³-hybridized carbons (Fsp3) is 0. The van der Waals surface area contributed by atoms with Crippen LogP contribution in [-0.2, 0) is 11.0 Å². The molecule has 0 amide bonds. The molecule has 0 rings (SSSR count). The van der Waals surface area contributed by atoms with Crippen LogP contribution in [0.3, 0.4) is 0 Å². The molecule has 0 aliphatic carbocycles. The predicted octanol–water partition coefficient (Wildman–Crippen LogP) is -2.88. The molecular weight excluding hydrogens is 1310 g/mol. The molecule has 0 aliphatic heterocycles. The Morgan fingerprint density at radius 3 is 0.400 bits per heavy atom. The first-order valence-electron chi connectivity index (χ1n) is 0. The van der Waals surface area contributed by atoms with Gasteiger partial charge in [-0.25, -0.2) is 0 Å². The van der Waals surface area contributed by atoms with Gasteiger partial charge in [0.15, 0.2) is 0 Å². The van der Waals surface area contributed by atoms with E-state index in [0.29, 0.717) is 0 Å². The summed E-state index contributed by atoms with van der Waals surface area (Å²) in [7, 11) is 0. The van der Waals surface area contributed by atoms with E-state index in [2.05, 4.69) is 0 Å². The summed E-state index contributed by atoms with van der Waals surface area (Å²) < 4.78 is 0.